The van der Waals surface area contributed by atoms with Gasteiger partial charge in [0.1, 0.15) is 5.82 Å². The molecule has 1 radical (unpaired) electrons. The normalized spacial score (nSPS) is 10.8. The standard InChI is InChI=1S/C16H16FS2/c1-10-5-12(8-14(6-10)18-3)16-11(2)7-13(17)9-15(16)19-4/h5,7-9H,1-4H3. The van der Waals surface area contributed by atoms with E-state index in [-0.39, 0.29) is 5.82 Å². The van der Waals surface area contributed by atoms with Crippen molar-refractivity contribution in [1.29, 1.82) is 0 Å². The Balaban J connectivity index is 2.67. The largest absolute Gasteiger partial charge is 0.207 e. The van der Waals surface area contributed by atoms with Crippen LogP contribution in [0.5, 0.6) is 0 Å². The zero-order valence-corrected chi connectivity index (χ0v) is 13.1. The van der Waals surface area contributed by atoms with Crippen LogP contribution in [0.25, 0.3) is 11.1 Å². The molecule has 99 valence electrons. The molecule has 0 bridgehead atoms. The fourth-order valence-corrected chi connectivity index (χ4v) is 3.40. The average Bonchev–Trinajstić information content (AvgIpc) is 2.36. The van der Waals surface area contributed by atoms with Gasteiger partial charge in [-0.3, -0.25) is 0 Å². The Morgan fingerprint density at radius 1 is 1.00 bits per heavy atom. The third-order valence-electron chi connectivity index (χ3n) is 2.97. The Bertz CT molecular complexity index is 606. The summed E-state index contributed by atoms with van der Waals surface area (Å²) < 4.78 is 13.5. The van der Waals surface area contributed by atoms with Crippen molar-refractivity contribution in [2.75, 3.05) is 12.5 Å². The molecule has 0 aliphatic carbocycles. The highest BCUT2D eigenvalue weighted by Crippen LogP contribution is 2.36. The Morgan fingerprint density at radius 3 is 2.37 bits per heavy atom. The van der Waals surface area contributed by atoms with Gasteiger partial charge in [-0.2, -0.15) is 0 Å². The number of halogens is 1. The van der Waals surface area contributed by atoms with Crippen molar-refractivity contribution in [3.63, 3.8) is 0 Å². The molecule has 0 amide bonds. The molecule has 0 unspecified atom stereocenters. The first-order chi connectivity index (χ1) is 9.05. The third kappa shape index (κ3) is 3.15. The Kier molecular flexibility index (Phi) is 4.58. The number of hydrogen-bond donors (Lipinski definition) is 0. The lowest BCUT2D eigenvalue weighted by molar-refractivity contribution is 0.623. The molecule has 0 heterocycles. The summed E-state index contributed by atoms with van der Waals surface area (Å²) >= 11 is 3.26. The van der Waals surface area contributed by atoms with Crippen LogP contribution in [0.15, 0.2) is 34.1 Å². The first kappa shape index (κ1) is 14.5. The maximum absolute atomic E-state index is 13.5. The molecule has 0 saturated heterocycles. The number of aryl methyl sites for hydroxylation is 2. The van der Waals surface area contributed by atoms with Crippen LogP contribution in [-0.2, 0) is 0 Å². The van der Waals surface area contributed by atoms with Gasteiger partial charge in [-0.25, -0.2) is 4.39 Å². The molecule has 0 N–H and O–H groups in total. The van der Waals surface area contributed by atoms with E-state index in [4.69, 9.17) is 0 Å². The number of benzene rings is 2. The first-order valence-corrected chi connectivity index (χ1v) is 8.42. The summed E-state index contributed by atoms with van der Waals surface area (Å²) in [6.07, 6.45) is 4.02. The minimum Gasteiger partial charge on any atom is -0.207 e. The molecule has 0 saturated carbocycles. The summed E-state index contributed by atoms with van der Waals surface area (Å²) in [6.45, 7) is 4.00. The van der Waals surface area contributed by atoms with Gasteiger partial charge in [-0.1, -0.05) is 6.07 Å². The number of thioether (sulfide) groups is 2. The van der Waals surface area contributed by atoms with Gasteiger partial charge >= 0.3 is 0 Å². The molecule has 0 nitrogen and oxygen atoms in total. The minimum absolute atomic E-state index is 0.171. The van der Waals surface area contributed by atoms with Gasteiger partial charge in [-0.05, 0) is 72.9 Å². The summed E-state index contributed by atoms with van der Waals surface area (Å²) in [6, 6.07) is 10.8. The van der Waals surface area contributed by atoms with Crippen LogP contribution >= 0.6 is 23.5 Å². The summed E-state index contributed by atoms with van der Waals surface area (Å²) in [5.74, 6) is -0.171. The number of rotatable bonds is 3. The smallest absolute Gasteiger partial charge is 0.124 e. The SMILES string of the molecule is CSc1[c]c(C)cc(-c2c(C)cc(F)cc2SC)c1. The van der Waals surface area contributed by atoms with E-state index in [2.05, 4.69) is 18.2 Å². The highest BCUT2D eigenvalue weighted by molar-refractivity contribution is 7.99. The molecule has 0 fully saturated rings. The molecule has 2 rings (SSSR count). The Hall–Kier alpha value is -0.930. The van der Waals surface area contributed by atoms with Crippen LogP contribution in [-0.4, -0.2) is 12.5 Å². The summed E-state index contributed by atoms with van der Waals surface area (Å²) in [4.78, 5) is 2.10. The fourth-order valence-electron chi connectivity index (χ4n) is 2.18. The molecular weight excluding hydrogens is 275 g/mol. The van der Waals surface area contributed by atoms with E-state index in [1.807, 2.05) is 26.4 Å². The highest BCUT2D eigenvalue weighted by atomic mass is 32.2. The second-order valence-electron chi connectivity index (χ2n) is 4.42. The molecule has 0 aliphatic rings. The predicted octanol–water partition coefficient (Wildman–Crippen LogP) is 5.35. The zero-order valence-electron chi connectivity index (χ0n) is 11.5. The topological polar surface area (TPSA) is 0 Å². The molecular formula is C16H16FS2. The molecule has 0 aromatic heterocycles. The zero-order chi connectivity index (χ0) is 14.0. The van der Waals surface area contributed by atoms with E-state index in [0.29, 0.717) is 0 Å². The molecule has 0 aliphatic heterocycles. The third-order valence-corrected chi connectivity index (χ3v) is 4.39. The lowest BCUT2D eigenvalue weighted by Gasteiger charge is -2.13. The van der Waals surface area contributed by atoms with E-state index in [1.165, 1.54) is 0 Å². The van der Waals surface area contributed by atoms with Crippen molar-refractivity contribution in [2.24, 2.45) is 0 Å². The minimum atomic E-state index is -0.171. The Labute approximate surface area is 122 Å². The lowest BCUT2D eigenvalue weighted by atomic mass is 9.99. The van der Waals surface area contributed by atoms with E-state index in [1.54, 1.807) is 35.7 Å². The van der Waals surface area contributed by atoms with Crippen LogP contribution in [0, 0.1) is 25.7 Å². The quantitative estimate of drug-likeness (QED) is 0.699. The van der Waals surface area contributed by atoms with Gasteiger partial charge in [0, 0.05) is 9.79 Å². The van der Waals surface area contributed by atoms with Gasteiger partial charge in [0.15, 0.2) is 0 Å². The van der Waals surface area contributed by atoms with Crippen molar-refractivity contribution >= 4 is 23.5 Å². The highest BCUT2D eigenvalue weighted by Gasteiger charge is 2.11. The maximum atomic E-state index is 13.5. The summed E-state index contributed by atoms with van der Waals surface area (Å²) in [5.41, 5.74) is 4.35. The van der Waals surface area contributed by atoms with Crippen molar-refractivity contribution in [3.05, 3.63) is 47.3 Å². The van der Waals surface area contributed by atoms with Crippen LogP contribution in [0.4, 0.5) is 4.39 Å². The van der Waals surface area contributed by atoms with Gasteiger partial charge in [0.25, 0.3) is 0 Å². The second kappa shape index (κ2) is 6.02. The Morgan fingerprint density at radius 2 is 1.74 bits per heavy atom. The fraction of sp³-hybridized carbons (Fsp3) is 0.250. The summed E-state index contributed by atoms with van der Waals surface area (Å²) in [7, 11) is 0. The van der Waals surface area contributed by atoms with Gasteiger partial charge in [0.05, 0.1) is 0 Å². The first-order valence-electron chi connectivity index (χ1n) is 5.97. The van der Waals surface area contributed by atoms with Crippen LogP contribution in [0.2, 0.25) is 0 Å². The molecule has 0 atom stereocenters. The number of hydrogen-bond acceptors (Lipinski definition) is 2. The molecule has 0 spiro atoms. The van der Waals surface area contributed by atoms with Crippen LogP contribution in [0.1, 0.15) is 11.1 Å². The monoisotopic (exact) mass is 291 g/mol. The van der Waals surface area contributed by atoms with Crippen molar-refractivity contribution < 1.29 is 4.39 Å². The van der Waals surface area contributed by atoms with Crippen LogP contribution in [0.3, 0.4) is 0 Å². The van der Waals surface area contributed by atoms with Crippen molar-refractivity contribution in [3.8, 4) is 11.1 Å². The van der Waals surface area contributed by atoms with E-state index < -0.39 is 0 Å². The second-order valence-corrected chi connectivity index (χ2v) is 6.12. The van der Waals surface area contributed by atoms with Crippen LogP contribution < -0.4 is 0 Å². The average molecular weight is 291 g/mol. The van der Waals surface area contributed by atoms with E-state index in [0.717, 1.165) is 32.0 Å². The van der Waals surface area contributed by atoms with Crippen molar-refractivity contribution in [1.82, 2.24) is 0 Å². The van der Waals surface area contributed by atoms with Gasteiger partial charge in [0.2, 0.25) is 0 Å². The van der Waals surface area contributed by atoms with E-state index >= 15 is 0 Å². The van der Waals surface area contributed by atoms with Gasteiger partial charge < -0.3 is 0 Å². The molecule has 2 aromatic carbocycles. The molecule has 3 heteroatoms. The van der Waals surface area contributed by atoms with Crippen molar-refractivity contribution in [2.45, 2.75) is 23.6 Å². The summed E-state index contributed by atoms with van der Waals surface area (Å²) in [5, 5.41) is 0. The lowest BCUT2D eigenvalue weighted by Crippen LogP contribution is -1.91. The van der Waals surface area contributed by atoms with Gasteiger partial charge in [-0.15, -0.1) is 23.5 Å². The van der Waals surface area contributed by atoms with E-state index in [9.17, 15) is 4.39 Å². The molecule has 19 heavy (non-hydrogen) atoms. The molecule has 2 aromatic rings. The predicted molar refractivity (Wildman–Crippen MR) is 83.7 cm³/mol. The maximum Gasteiger partial charge on any atom is 0.124 e.